The van der Waals surface area contributed by atoms with Crippen LogP contribution in [0.1, 0.15) is 25.8 Å². The molecule has 3 nitrogen and oxygen atoms in total. The van der Waals surface area contributed by atoms with Crippen LogP contribution in [0.3, 0.4) is 0 Å². The van der Waals surface area contributed by atoms with Gasteiger partial charge in [-0.15, -0.1) is 0 Å². The molecule has 0 spiro atoms. The first-order chi connectivity index (χ1) is 8.01. The highest BCUT2D eigenvalue weighted by Gasteiger charge is 2.36. The molecule has 2 rings (SSSR count). The summed E-state index contributed by atoms with van der Waals surface area (Å²) in [7, 11) is 0. The summed E-state index contributed by atoms with van der Waals surface area (Å²) in [6, 6.07) is 4.92. The molecule has 1 aliphatic heterocycles. The fraction of sp³-hybridized carbons (Fsp3) is 0.538. The van der Waals surface area contributed by atoms with Crippen LogP contribution in [-0.2, 0) is 11.3 Å². The summed E-state index contributed by atoms with van der Waals surface area (Å²) in [5.74, 6) is -0.356. The second kappa shape index (κ2) is 4.63. The number of anilines is 1. The first kappa shape index (κ1) is 12.3. The molecule has 0 aromatic heterocycles. The minimum Gasteiger partial charge on any atom is -0.396 e. The van der Waals surface area contributed by atoms with Crippen LogP contribution in [0.15, 0.2) is 18.2 Å². The van der Waals surface area contributed by atoms with Crippen molar-refractivity contribution in [3.05, 3.63) is 29.6 Å². The van der Waals surface area contributed by atoms with Gasteiger partial charge in [0.1, 0.15) is 5.82 Å². The summed E-state index contributed by atoms with van der Waals surface area (Å²) in [6.45, 7) is 5.60. The van der Waals surface area contributed by atoms with Gasteiger partial charge in [0.25, 0.3) is 0 Å². The van der Waals surface area contributed by atoms with Crippen LogP contribution in [0.5, 0.6) is 0 Å². The van der Waals surface area contributed by atoms with Crippen LogP contribution in [0.4, 0.5) is 10.1 Å². The van der Waals surface area contributed by atoms with E-state index in [2.05, 4.69) is 19.2 Å². The van der Waals surface area contributed by atoms with E-state index < -0.39 is 0 Å². The van der Waals surface area contributed by atoms with Crippen molar-refractivity contribution < 1.29 is 9.13 Å². The summed E-state index contributed by atoms with van der Waals surface area (Å²) >= 11 is 0. The molecule has 1 aromatic rings. The number of hydrogen-bond acceptors (Lipinski definition) is 3. The molecular formula is C13H19FN2O. The summed E-state index contributed by atoms with van der Waals surface area (Å²) < 4.78 is 18.8. The number of nitrogens with two attached hydrogens (primary N) is 1. The van der Waals surface area contributed by atoms with Crippen molar-refractivity contribution in [1.29, 1.82) is 0 Å². The van der Waals surface area contributed by atoms with E-state index in [0.29, 0.717) is 6.54 Å². The Labute approximate surface area is 101 Å². The van der Waals surface area contributed by atoms with E-state index in [1.54, 1.807) is 6.07 Å². The summed E-state index contributed by atoms with van der Waals surface area (Å²) in [4.78, 5) is 0. The maximum atomic E-state index is 13.3. The average molecular weight is 238 g/mol. The van der Waals surface area contributed by atoms with Crippen molar-refractivity contribution >= 4 is 5.69 Å². The predicted molar refractivity (Wildman–Crippen MR) is 66.1 cm³/mol. The number of hydrogen-bond donors (Lipinski definition) is 2. The van der Waals surface area contributed by atoms with Crippen LogP contribution in [0, 0.1) is 5.82 Å². The molecular weight excluding hydrogens is 219 g/mol. The lowest BCUT2D eigenvalue weighted by atomic mass is 9.94. The van der Waals surface area contributed by atoms with Crippen LogP contribution in [0.2, 0.25) is 0 Å². The number of nitrogen functional groups attached to an aromatic ring is 1. The molecule has 4 heteroatoms. The monoisotopic (exact) mass is 238 g/mol. The van der Waals surface area contributed by atoms with Gasteiger partial charge in [-0.05, 0) is 38.0 Å². The van der Waals surface area contributed by atoms with Crippen molar-refractivity contribution in [3.63, 3.8) is 0 Å². The highest BCUT2D eigenvalue weighted by molar-refractivity contribution is 5.41. The van der Waals surface area contributed by atoms with Crippen molar-refractivity contribution in [2.45, 2.75) is 38.5 Å². The summed E-state index contributed by atoms with van der Waals surface area (Å²) in [5.41, 5.74) is 6.50. The molecule has 0 bridgehead atoms. The minimum absolute atomic E-state index is 0.0299. The molecule has 1 fully saturated rings. The van der Waals surface area contributed by atoms with Gasteiger partial charge in [0, 0.05) is 18.7 Å². The van der Waals surface area contributed by atoms with E-state index in [9.17, 15) is 4.39 Å². The van der Waals surface area contributed by atoms with Gasteiger partial charge in [-0.3, -0.25) is 0 Å². The van der Waals surface area contributed by atoms with Gasteiger partial charge in [-0.1, -0.05) is 6.07 Å². The molecule has 94 valence electrons. The van der Waals surface area contributed by atoms with Crippen LogP contribution in [-0.4, -0.2) is 18.2 Å². The Morgan fingerprint density at radius 2 is 2.35 bits per heavy atom. The Kier molecular flexibility index (Phi) is 3.35. The second-order valence-corrected chi connectivity index (χ2v) is 4.89. The van der Waals surface area contributed by atoms with E-state index in [4.69, 9.17) is 10.5 Å². The number of rotatable bonds is 3. The zero-order valence-corrected chi connectivity index (χ0v) is 10.3. The van der Waals surface area contributed by atoms with Gasteiger partial charge in [-0.25, -0.2) is 4.39 Å². The molecule has 2 atom stereocenters. The fourth-order valence-corrected chi connectivity index (χ4v) is 2.05. The van der Waals surface area contributed by atoms with E-state index >= 15 is 0 Å². The highest BCUT2D eigenvalue weighted by Crippen LogP contribution is 2.25. The van der Waals surface area contributed by atoms with E-state index in [0.717, 1.165) is 18.6 Å². The van der Waals surface area contributed by atoms with Crippen LogP contribution < -0.4 is 11.1 Å². The quantitative estimate of drug-likeness (QED) is 0.792. The molecule has 1 heterocycles. The molecule has 3 N–H and O–H groups in total. The van der Waals surface area contributed by atoms with Crippen LogP contribution in [0.25, 0.3) is 0 Å². The Morgan fingerprint density at radius 3 is 2.94 bits per heavy atom. The molecule has 0 radical (unpaired) electrons. The summed E-state index contributed by atoms with van der Waals surface area (Å²) in [5, 5.41) is 3.44. The zero-order chi connectivity index (χ0) is 12.5. The molecule has 1 aromatic carbocycles. The minimum atomic E-state index is -0.356. The zero-order valence-electron chi connectivity index (χ0n) is 10.3. The number of halogens is 1. The van der Waals surface area contributed by atoms with E-state index in [1.165, 1.54) is 6.07 Å². The Hall–Kier alpha value is -1.13. The average Bonchev–Trinajstić information content (AvgIpc) is 2.62. The lowest BCUT2D eigenvalue weighted by molar-refractivity contribution is 0.0881. The standard InChI is InChI=1S/C13H19FN2O/c1-9-13(2,5-6-17-9)16-8-10-3-4-12(15)11(14)7-10/h3-4,7,9,16H,5-6,8,15H2,1-2H3. The Bertz CT molecular complexity index is 410. The van der Waals surface area contributed by atoms with Gasteiger partial charge in [0.15, 0.2) is 0 Å². The maximum Gasteiger partial charge on any atom is 0.146 e. The van der Waals surface area contributed by atoms with Crippen molar-refractivity contribution in [2.24, 2.45) is 0 Å². The topological polar surface area (TPSA) is 47.3 Å². The Morgan fingerprint density at radius 1 is 1.59 bits per heavy atom. The first-order valence-corrected chi connectivity index (χ1v) is 5.92. The summed E-state index contributed by atoms with van der Waals surface area (Å²) in [6.07, 6.45) is 1.16. The first-order valence-electron chi connectivity index (χ1n) is 5.92. The third kappa shape index (κ3) is 2.58. The third-order valence-corrected chi connectivity index (χ3v) is 3.65. The second-order valence-electron chi connectivity index (χ2n) is 4.89. The molecule has 17 heavy (non-hydrogen) atoms. The molecule has 0 saturated carbocycles. The largest absolute Gasteiger partial charge is 0.396 e. The third-order valence-electron chi connectivity index (χ3n) is 3.65. The molecule has 0 aliphatic carbocycles. The van der Waals surface area contributed by atoms with Gasteiger partial charge < -0.3 is 15.8 Å². The van der Waals surface area contributed by atoms with E-state index in [1.807, 2.05) is 6.07 Å². The molecule has 0 amide bonds. The van der Waals surface area contributed by atoms with Crippen molar-refractivity contribution in [1.82, 2.24) is 5.32 Å². The maximum absolute atomic E-state index is 13.3. The SMILES string of the molecule is CC1OCCC1(C)NCc1ccc(N)c(F)c1. The number of ether oxygens (including phenoxy) is 1. The molecule has 1 saturated heterocycles. The normalized spacial score (nSPS) is 28.5. The van der Waals surface area contributed by atoms with Gasteiger partial charge >= 0.3 is 0 Å². The van der Waals surface area contributed by atoms with Gasteiger partial charge in [0.05, 0.1) is 11.8 Å². The Balaban J connectivity index is 2.00. The molecule has 2 unspecified atom stereocenters. The fourth-order valence-electron chi connectivity index (χ4n) is 2.05. The highest BCUT2D eigenvalue weighted by atomic mass is 19.1. The smallest absolute Gasteiger partial charge is 0.146 e. The van der Waals surface area contributed by atoms with Crippen molar-refractivity contribution in [2.75, 3.05) is 12.3 Å². The van der Waals surface area contributed by atoms with Gasteiger partial charge in [0.2, 0.25) is 0 Å². The van der Waals surface area contributed by atoms with E-state index in [-0.39, 0.29) is 23.1 Å². The lowest BCUT2D eigenvalue weighted by Gasteiger charge is -2.29. The van der Waals surface area contributed by atoms with Crippen LogP contribution >= 0.6 is 0 Å². The number of benzene rings is 1. The predicted octanol–water partition coefficient (Wildman–Crippen LogP) is 2.06. The van der Waals surface area contributed by atoms with Gasteiger partial charge in [-0.2, -0.15) is 0 Å². The van der Waals surface area contributed by atoms with Crippen molar-refractivity contribution in [3.8, 4) is 0 Å². The lowest BCUT2D eigenvalue weighted by Crippen LogP contribution is -2.47. The molecule has 1 aliphatic rings. The number of nitrogens with one attached hydrogen (secondary N) is 1.